The lowest BCUT2D eigenvalue weighted by molar-refractivity contribution is -0.150. The van der Waals surface area contributed by atoms with Crippen molar-refractivity contribution in [2.24, 2.45) is 0 Å². The van der Waals surface area contributed by atoms with Crippen molar-refractivity contribution in [1.29, 1.82) is 0 Å². The van der Waals surface area contributed by atoms with Gasteiger partial charge in [-0.3, -0.25) is 5.32 Å². The van der Waals surface area contributed by atoms with Crippen LogP contribution in [0.2, 0.25) is 0 Å². The maximum absolute atomic E-state index is 13.3. The maximum atomic E-state index is 13.3. The number of ether oxygens (including phenoxy) is 1. The summed E-state index contributed by atoms with van der Waals surface area (Å²) in [4.78, 5) is 12.0. The molecule has 0 aromatic heterocycles. The topological polar surface area (TPSA) is 38.3 Å². The van der Waals surface area contributed by atoms with Crippen molar-refractivity contribution in [2.45, 2.75) is 19.4 Å². The lowest BCUT2D eigenvalue weighted by atomic mass is 9.91. The average Bonchev–Trinajstić information content (AvgIpc) is 2.35. The molecule has 3 nitrogen and oxygen atoms in total. The van der Waals surface area contributed by atoms with Crippen LogP contribution in [0.1, 0.15) is 19.4 Å². The fourth-order valence-electron chi connectivity index (χ4n) is 1.69. The van der Waals surface area contributed by atoms with Crippen LogP contribution in [0.5, 0.6) is 0 Å². The highest BCUT2D eigenvalue weighted by molar-refractivity contribution is 5.82. The molecule has 1 N–H and O–H groups in total. The van der Waals surface area contributed by atoms with E-state index in [9.17, 15) is 13.6 Å². The smallest absolute Gasteiger partial charge is 0.330 e. The molecule has 19 heavy (non-hydrogen) atoms. The van der Waals surface area contributed by atoms with Crippen molar-refractivity contribution in [2.75, 3.05) is 13.2 Å². The lowest BCUT2D eigenvalue weighted by Crippen LogP contribution is -2.48. The fourth-order valence-corrected chi connectivity index (χ4v) is 1.69. The predicted octanol–water partition coefficient (Wildman–Crippen LogP) is 2.52. The van der Waals surface area contributed by atoms with Crippen LogP contribution in [0.3, 0.4) is 0 Å². The Labute approximate surface area is 111 Å². The molecule has 1 rings (SSSR count). The normalized spacial score (nSPS) is 13.7. The molecule has 104 valence electrons. The van der Waals surface area contributed by atoms with Gasteiger partial charge in [0.15, 0.2) is 0 Å². The van der Waals surface area contributed by atoms with E-state index in [1.54, 1.807) is 13.0 Å². The van der Waals surface area contributed by atoms with Crippen LogP contribution >= 0.6 is 0 Å². The van der Waals surface area contributed by atoms with Crippen molar-refractivity contribution >= 4 is 5.97 Å². The SMILES string of the molecule is C=CCNC(C)(C(=O)OCC)c1cc(F)cc(F)c1. The van der Waals surface area contributed by atoms with Gasteiger partial charge in [-0.1, -0.05) is 6.08 Å². The molecule has 0 aliphatic carbocycles. The van der Waals surface area contributed by atoms with Crippen LogP contribution in [0.4, 0.5) is 8.78 Å². The summed E-state index contributed by atoms with van der Waals surface area (Å²) in [6, 6.07) is 2.97. The highest BCUT2D eigenvalue weighted by Crippen LogP contribution is 2.24. The Balaban J connectivity index is 3.21. The minimum atomic E-state index is -1.33. The summed E-state index contributed by atoms with van der Waals surface area (Å²) in [7, 11) is 0. The van der Waals surface area contributed by atoms with Crippen molar-refractivity contribution in [3.05, 3.63) is 48.1 Å². The summed E-state index contributed by atoms with van der Waals surface area (Å²) in [5, 5.41) is 2.88. The summed E-state index contributed by atoms with van der Waals surface area (Å²) in [5.41, 5.74) is -1.15. The first kappa shape index (κ1) is 15.3. The molecular weight excluding hydrogens is 252 g/mol. The molecule has 1 aromatic carbocycles. The maximum Gasteiger partial charge on any atom is 0.330 e. The second-order valence-corrected chi connectivity index (χ2v) is 4.17. The Morgan fingerprint density at radius 3 is 2.47 bits per heavy atom. The van der Waals surface area contributed by atoms with Gasteiger partial charge in [0.25, 0.3) is 0 Å². The summed E-state index contributed by atoms with van der Waals surface area (Å²) >= 11 is 0. The third-order valence-corrected chi connectivity index (χ3v) is 2.72. The zero-order chi connectivity index (χ0) is 14.5. The molecule has 0 aliphatic heterocycles. The number of esters is 1. The van der Waals surface area contributed by atoms with E-state index in [-0.39, 0.29) is 12.2 Å². The van der Waals surface area contributed by atoms with E-state index in [1.807, 2.05) is 0 Å². The van der Waals surface area contributed by atoms with Gasteiger partial charge in [-0.2, -0.15) is 0 Å². The summed E-state index contributed by atoms with van der Waals surface area (Å²) < 4.78 is 31.5. The first-order valence-corrected chi connectivity index (χ1v) is 5.93. The standard InChI is InChI=1S/C14H17F2NO2/c1-4-6-17-14(3,13(18)19-5-2)10-7-11(15)9-12(16)8-10/h4,7-9,17H,1,5-6H2,2-3H3. The molecule has 0 bridgehead atoms. The summed E-state index contributed by atoms with van der Waals surface area (Å²) in [5.74, 6) is -2.08. The van der Waals surface area contributed by atoms with Crippen molar-refractivity contribution < 1.29 is 18.3 Å². The summed E-state index contributed by atoms with van der Waals surface area (Å²) in [6.07, 6.45) is 1.55. The second kappa shape index (κ2) is 6.43. The van der Waals surface area contributed by atoms with Crippen LogP contribution in [-0.4, -0.2) is 19.1 Å². The van der Waals surface area contributed by atoms with E-state index in [1.165, 1.54) is 6.92 Å². The Hall–Kier alpha value is -1.75. The predicted molar refractivity (Wildman–Crippen MR) is 68.5 cm³/mol. The molecule has 0 saturated heterocycles. The number of rotatable bonds is 6. The van der Waals surface area contributed by atoms with Gasteiger partial charge in [0.2, 0.25) is 0 Å². The van der Waals surface area contributed by atoms with Gasteiger partial charge in [-0.25, -0.2) is 13.6 Å². The molecule has 0 aliphatic rings. The van der Waals surface area contributed by atoms with Gasteiger partial charge in [0, 0.05) is 12.6 Å². The first-order chi connectivity index (χ1) is 8.93. The number of carbonyl (C=O) groups excluding carboxylic acids is 1. The van der Waals surface area contributed by atoms with Gasteiger partial charge >= 0.3 is 5.97 Å². The van der Waals surface area contributed by atoms with E-state index in [2.05, 4.69) is 11.9 Å². The van der Waals surface area contributed by atoms with E-state index in [4.69, 9.17) is 4.74 Å². The zero-order valence-electron chi connectivity index (χ0n) is 11.0. The number of carbonyl (C=O) groups is 1. The number of hydrogen-bond donors (Lipinski definition) is 1. The van der Waals surface area contributed by atoms with Crippen LogP contribution in [0.15, 0.2) is 30.9 Å². The van der Waals surface area contributed by atoms with Gasteiger partial charge in [-0.15, -0.1) is 6.58 Å². The largest absolute Gasteiger partial charge is 0.464 e. The van der Waals surface area contributed by atoms with Crippen molar-refractivity contribution in [1.82, 2.24) is 5.32 Å². The molecule has 5 heteroatoms. The van der Waals surface area contributed by atoms with E-state index < -0.39 is 23.1 Å². The quantitative estimate of drug-likeness (QED) is 0.637. The molecule has 1 atom stereocenters. The van der Waals surface area contributed by atoms with Crippen LogP contribution in [0, 0.1) is 11.6 Å². The van der Waals surface area contributed by atoms with Crippen LogP contribution in [0.25, 0.3) is 0 Å². The zero-order valence-corrected chi connectivity index (χ0v) is 11.0. The minimum absolute atomic E-state index is 0.172. The van der Waals surface area contributed by atoms with Crippen LogP contribution < -0.4 is 5.32 Å². The highest BCUT2D eigenvalue weighted by Gasteiger charge is 2.36. The first-order valence-electron chi connectivity index (χ1n) is 5.93. The molecule has 0 heterocycles. The number of halogens is 2. The lowest BCUT2D eigenvalue weighted by Gasteiger charge is -2.28. The Morgan fingerprint density at radius 1 is 1.42 bits per heavy atom. The van der Waals surface area contributed by atoms with Gasteiger partial charge < -0.3 is 4.74 Å². The monoisotopic (exact) mass is 269 g/mol. The molecule has 0 fully saturated rings. The number of benzene rings is 1. The minimum Gasteiger partial charge on any atom is -0.464 e. The van der Waals surface area contributed by atoms with Gasteiger partial charge in [0.1, 0.15) is 17.2 Å². The molecule has 0 saturated carbocycles. The number of hydrogen-bond acceptors (Lipinski definition) is 3. The van der Waals surface area contributed by atoms with Crippen molar-refractivity contribution in [3.8, 4) is 0 Å². The molecule has 0 spiro atoms. The van der Waals surface area contributed by atoms with E-state index >= 15 is 0 Å². The Morgan fingerprint density at radius 2 is 2.00 bits per heavy atom. The molecule has 1 unspecified atom stereocenters. The fraction of sp³-hybridized carbons (Fsp3) is 0.357. The van der Waals surface area contributed by atoms with Crippen molar-refractivity contribution in [3.63, 3.8) is 0 Å². The summed E-state index contributed by atoms with van der Waals surface area (Å²) in [6.45, 7) is 7.20. The average molecular weight is 269 g/mol. The Kier molecular flexibility index (Phi) is 5.18. The van der Waals surface area contributed by atoms with Crippen LogP contribution in [-0.2, 0) is 15.1 Å². The van der Waals surface area contributed by atoms with E-state index in [0.29, 0.717) is 6.54 Å². The van der Waals surface area contributed by atoms with Gasteiger partial charge in [0.05, 0.1) is 6.61 Å². The highest BCUT2D eigenvalue weighted by atomic mass is 19.1. The second-order valence-electron chi connectivity index (χ2n) is 4.17. The Bertz CT molecular complexity index is 456. The molecule has 0 radical (unpaired) electrons. The third kappa shape index (κ3) is 3.61. The van der Waals surface area contributed by atoms with Gasteiger partial charge in [-0.05, 0) is 31.5 Å². The molecular formula is C14H17F2NO2. The molecule has 0 amide bonds. The van der Waals surface area contributed by atoms with E-state index in [0.717, 1.165) is 18.2 Å². The third-order valence-electron chi connectivity index (χ3n) is 2.72. The number of nitrogens with one attached hydrogen (secondary N) is 1. The molecule has 1 aromatic rings.